The normalized spacial score (nSPS) is 25.1. The number of hydrogen-bond acceptors (Lipinski definition) is 3. The summed E-state index contributed by atoms with van der Waals surface area (Å²) in [5.74, 6) is 1.11. The standard InChI is InChI=1S/C12H23N3O/c1-14-6-2-11(3-7-14)4-8-15-9-5-13-10-12(15)16/h11,13H,2-10H2,1H3. The zero-order valence-corrected chi connectivity index (χ0v) is 10.2. The van der Waals surface area contributed by atoms with E-state index >= 15 is 0 Å². The van der Waals surface area contributed by atoms with Crippen LogP contribution in [0.5, 0.6) is 0 Å². The third-order valence-electron chi connectivity index (χ3n) is 3.83. The van der Waals surface area contributed by atoms with Gasteiger partial charge in [0.1, 0.15) is 0 Å². The summed E-state index contributed by atoms with van der Waals surface area (Å²) in [7, 11) is 2.19. The molecular formula is C12H23N3O. The third kappa shape index (κ3) is 3.19. The van der Waals surface area contributed by atoms with Crippen LogP contribution in [0.25, 0.3) is 0 Å². The van der Waals surface area contributed by atoms with Crippen molar-refractivity contribution in [3.63, 3.8) is 0 Å². The molecule has 2 rings (SSSR count). The minimum atomic E-state index is 0.277. The van der Waals surface area contributed by atoms with Gasteiger partial charge in [-0.05, 0) is 45.3 Å². The van der Waals surface area contributed by atoms with Gasteiger partial charge in [0.25, 0.3) is 0 Å². The van der Waals surface area contributed by atoms with Gasteiger partial charge >= 0.3 is 0 Å². The average Bonchev–Trinajstić information content (AvgIpc) is 2.30. The summed E-state index contributed by atoms with van der Waals surface area (Å²) in [6.07, 6.45) is 3.80. The van der Waals surface area contributed by atoms with Gasteiger partial charge in [-0.2, -0.15) is 0 Å². The maximum Gasteiger partial charge on any atom is 0.236 e. The minimum Gasteiger partial charge on any atom is -0.340 e. The van der Waals surface area contributed by atoms with Gasteiger partial charge in [-0.25, -0.2) is 0 Å². The smallest absolute Gasteiger partial charge is 0.236 e. The number of nitrogens with one attached hydrogen (secondary N) is 1. The molecule has 0 radical (unpaired) electrons. The number of piperazine rings is 1. The van der Waals surface area contributed by atoms with Gasteiger partial charge in [0, 0.05) is 19.6 Å². The molecule has 2 heterocycles. The number of amides is 1. The van der Waals surface area contributed by atoms with E-state index in [-0.39, 0.29) is 5.91 Å². The van der Waals surface area contributed by atoms with Crippen LogP contribution in [0, 0.1) is 5.92 Å². The first kappa shape index (κ1) is 11.9. The number of likely N-dealkylation sites (tertiary alicyclic amines) is 1. The minimum absolute atomic E-state index is 0.277. The number of carbonyl (C=O) groups is 1. The molecule has 1 N–H and O–H groups in total. The molecule has 0 atom stereocenters. The van der Waals surface area contributed by atoms with Crippen LogP contribution in [0.2, 0.25) is 0 Å². The molecule has 0 aromatic rings. The zero-order chi connectivity index (χ0) is 11.4. The molecule has 0 saturated carbocycles. The monoisotopic (exact) mass is 225 g/mol. The number of nitrogens with zero attached hydrogens (tertiary/aromatic N) is 2. The summed E-state index contributed by atoms with van der Waals surface area (Å²) in [6, 6.07) is 0. The van der Waals surface area contributed by atoms with Crippen LogP contribution in [-0.2, 0) is 4.79 Å². The quantitative estimate of drug-likeness (QED) is 0.743. The summed E-state index contributed by atoms with van der Waals surface area (Å²) in [5, 5.41) is 3.11. The van der Waals surface area contributed by atoms with E-state index in [9.17, 15) is 4.79 Å². The van der Waals surface area contributed by atoms with E-state index in [4.69, 9.17) is 0 Å². The van der Waals surface area contributed by atoms with Crippen molar-refractivity contribution in [3.8, 4) is 0 Å². The van der Waals surface area contributed by atoms with Crippen LogP contribution in [0.3, 0.4) is 0 Å². The molecule has 4 nitrogen and oxygen atoms in total. The highest BCUT2D eigenvalue weighted by Gasteiger charge is 2.21. The van der Waals surface area contributed by atoms with Crippen LogP contribution in [0.15, 0.2) is 0 Å². The van der Waals surface area contributed by atoms with Gasteiger partial charge in [0.05, 0.1) is 6.54 Å². The Hall–Kier alpha value is -0.610. The number of piperidine rings is 1. The number of carbonyl (C=O) groups excluding carboxylic acids is 1. The van der Waals surface area contributed by atoms with Gasteiger partial charge in [-0.1, -0.05) is 0 Å². The lowest BCUT2D eigenvalue weighted by Crippen LogP contribution is -2.48. The second-order valence-corrected chi connectivity index (χ2v) is 5.09. The Labute approximate surface area is 98.0 Å². The highest BCUT2D eigenvalue weighted by molar-refractivity contribution is 5.78. The predicted molar refractivity (Wildman–Crippen MR) is 64.3 cm³/mol. The van der Waals surface area contributed by atoms with E-state index in [1.165, 1.54) is 32.4 Å². The molecule has 16 heavy (non-hydrogen) atoms. The molecule has 0 bridgehead atoms. The van der Waals surface area contributed by atoms with E-state index in [1.54, 1.807) is 0 Å². The molecule has 1 amide bonds. The molecule has 2 aliphatic rings. The zero-order valence-electron chi connectivity index (χ0n) is 10.2. The van der Waals surface area contributed by atoms with Gasteiger partial charge in [0.2, 0.25) is 5.91 Å². The van der Waals surface area contributed by atoms with Crippen molar-refractivity contribution in [2.24, 2.45) is 5.92 Å². The van der Waals surface area contributed by atoms with Crippen LogP contribution in [0.1, 0.15) is 19.3 Å². The Kier molecular flexibility index (Phi) is 4.18. The summed E-state index contributed by atoms with van der Waals surface area (Å²) in [6.45, 7) is 5.80. The second kappa shape index (κ2) is 5.64. The van der Waals surface area contributed by atoms with Gasteiger partial charge in [-0.3, -0.25) is 4.79 Å². The first-order valence-electron chi connectivity index (χ1n) is 6.43. The molecule has 2 saturated heterocycles. The lowest BCUT2D eigenvalue weighted by Gasteiger charge is -2.32. The highest BCUT2D eigenvalue weighted by Crippen LogP contribution is 2.19. The Morgan fingerprint density at radius 1 is 1.31 bits per heavy atom. The first-order chi connectivity index (χ1) is 7.75. The molecule has 0 aromatic carbocycles. The second-order valence-electron chi connectivity index (χ2n) is 5.09. The van der Waals surface area contributed by atoms with Crippen molar-refractivity contribution >= 4 is 5.91 Å². The molecule has 0 aliphatic carbocycles. The van der Waals surface area contributed by atoms with Crippen molar-refractivity contribution < 1.29 is 4.79 Å². The number of hydrogen-bond donors (Lipinski definition) is 1. The molecular weight excluding hydrogens is 202 g/mol. The van der Waals surface area contributed by atoms with Gasteiger partial charge in [-0.15, -0.1) is 0 Å². The fraction of sp³-hybridized carbons (Fsp3) is 0.917. The topological polar surface area (TPSA) is 35.6 Å². The Morgan fingerprint density at radius 2 is 2.06 bits per heavy atom. The average molecular weight is 225 g/mol. The lowest BCUT2D eigenvalue weighted by molar-refractivity contribution is -0.132. The maximum atomic E-state index is 11.6. The van der Waals surface area contributed by atoms with E-state index in [1.807, 2.05) is 4.90 Å². The summed E-state index contributed by atoms with van der Waals surface area (Å²) < 4.78 is 0. The van der Waals surface area contributed by atoms with Crippen LogP contribution in [-0.4, -0.2) is 62.0 Å². The predicted octanol–water partition coefficient (Wildman–Crippen LogP) is 0.150. The van der Waals surface area contributed by atoms with Crippen LogP contribution >= 0.6 is 0 Å². The molecule has 0 unspecified atom stereocenters. The van der Waals surface area contributed by atoms with Gasteiger partial charge < -0.3 is 15.1 Å². The molecule has 92 valence electrons. The molecule has 2 aliphatic heterocycles. The highest BCUT2D eigenvalue weighted by atomic mass is 16.2. The molecule has 2 fully saturated rings. The lowest BCUT2D eigenvalue weighted by atomic mass is 9.93. The van der Waals surface area contributed by atoms with E-state index in [2.05, 4.69) is 17.3 Å². The fourth-order valence-electron chi connectivity index (χ4n) is 2.57. The Balaban J connectivity index is 1.68. The number of rotatable bonds is 3. The first-order valence-corrected chi connectivity index (χ1v) is 6.43. The maximum absolute atomic E-state index is 11.6. The molecule has 4 heteroatoms. The van der Waals surface area contributed by atoms with Crippen molar-refractivity contribution in [1.29, 1.82) is 0 Å². The van der Waals surface area contributed by atoms with E-state index in [0.29, 0.717) is 6.54 Å². The van der Waals surface area contributed by atoms with Crippen molar-refractivity contribution in [2.45, 2.75) is 19.3 Å². The SMILES string of the molecule is CN1CCC(CCN2CCNCC2=O)CC1. The van der Waals surface area contributed by atoms with Gasteiger partial charge in [0.15, 0.2) is 0 Å². The summed E-state index contributed by atoms with van der Waals surface area (Å²) >= 11 is 0. The van der Waals surface area contributed by atoms with Crippen molar-refractivity contribution in [2.75, 3.05) is 46.3 Å². The van der Waals surface area contributed by atoms with Crippen molar-refractivity contribution in [3.05, 3.63) is 0 Å². The Morgan fingerprint density at radius 3 is 2.75 bits per heavy atom. The van der Waals surface area contributed by atoms with E-state index in [0.717, 1.165) is 25.6 Å². The van der Waals surface area contributed by atoms with Crippen LogP contribution in [0.4, 0.5) is 0 Å². The van der Waals surface area contributed by atoms with Crippen molar-refractivity contribution in [1.82, 2.24) is 15.1 Å². The van der Waals surface area contributed by atoms with Crippen LogP contribution < -0.4 is 5.32 Å². The molecule has 0 aromatic heterocycles. The largest absolute Gasteiger partial charge is 0.340 e. The van der Waals surface area contributed by atoms with E-state index < -0.39 is 0 Å². The molecule has 0 spiro atoms. The Bertz CT molecular complexity index is 236. The summed E-state index contributed by atoms with van der Waals surface area (Å²) in [4.78, 5) is 16.0. The fourth-order valence-corrected chi connectivity index (χ4v) is 2.57. The third-order valence-corrected chi connectivity index (χ3v) is 3.83. The summed E-state index contributed by atoms with van der Waals surface area (Å²) in [5.41, 5.74) is 0.